The molecule has 17 nitrogen and oxygen atoms in total. The minimum Gasteiger partial charge on any atom is -0.481 e. The third-order valence-corrected chi connectivity index (χ3v) is 17.6. The molecule has 4 saturated carbocycles. The number of methoxy groups -OCH3 is 2. The maximum atomic E-state index is 13.3. The highest BCUT2D eigenvalue weighted by Gasteiger charge is 2.73. The average molecular weight is 857 g/mol. The van der Waals surface area contributed by atoms with Crippen molar-refractivity contribution in [3.8, 4) is 0 Å². The van der Waals surface area contributed by atoms with E-state index in [1.807, 2.05) is 13.8 Å². The summed E-state index contributed by atoms with van der Waals surface area (Å²) in [6.45, 7) is 8.91. The second-order valence-corrected chi connectivity index (χ2v) is 20.5. The van der Waals surface area contributed by atoms with E-state index in [4.69, 9.17) is 28.4 Å². The van der Waals surface area contributed by atoms with Gasteiger partial charge in [0.25, 0.3) is 0 Å². The summed E-state index contributed by atoms with van der Waals surface area (Å²) in [6, 6.07) is 0. The van der Waals surface area contributed by atoms with Crippen LogP contribution in [-0.2, 0) is 38.0 Å². The number of esters is 1. The van der Waals surface area contributed by atoms with Crippen LogP contribution in [0, 0.1) is 50.2 Å². The van der Waals surface area contributed by atoms with E-state index in [-0.39, 0.29) is 30.8 Å². The molecule has 17 heteroatoms. The highest BCUT2D eigenvalue weighted by atomic mass is 16.7. The number of ether oxygens (including phenoxy) is 6. The summed E-state index contributed by atoms with van der Waals surface area (Å²) >= 11 is 0. The number of carbonyl (C=O) groups is 2. The van der Waals surface area contributed by atoms with Crippen molar-refractivity contribution in [2.45, 2.75) is 160 Å². The van der Waals surface area contributed by atoms with Gasteiger partial charge in [-0.3, -0.25) is 9.59 Å². The molecule has 2 aliphatic heterocycles. The average Bonchev–Trinajstić information content (AvgIpc) is 3.21. The quantitative estimate of drug-likeness (QED) is 0.0854. The van der Waals surface area contributed by atoms with Crippen molar-refractivity contribution in [1.29, 1.82) is 0 Å². The van der Waals surface area contributed by atoms with E-state index < -0.39 is 131 Å². The van der Waals surface area contributed by atoms with Crippen LogP contribution in [-0.4, -0.2) is 166 Å². The third kappa shape index (κ3) is 6.58. The Kier molecular flexibility index (Phi) is 12.3. The topological polar surface area (TPSA) is 272 Å². The summed E-state index contributed by atoms with van der Waals surface area (Å²) in [5.74, 6) is -2.07. The van der Waals surface area contributed by atoms with E-state index in [1.165, 1.54) is 7.11 Å². The Labute approximate surface area is 350 Å². The molecule has 0 aromatic carbocycles. The van der Waals surface area contributed by atoms with Gasteiger partial charge in [0.15, 0.2) is 12.6 Å². The molecule has 2 heterocycles. The molecule has 0 bridgehead atoms. The molecule has 7 aliphatic rings. The van der Waals surface area contributed by atoms with Crippen molar-refractivity contribution in [1.82, 2.24) is 0 Å². The SMILES string of the molecule is COC(=O)[C@@]1(C)CC[C@]2(C(=O)O)CC[C@]3(C)C(=C[C@@H](OC)[C@@H]4[C@@]5(C)C[C@H](O)[C@H](O[C@@H]6OC[C@@H](O[C@@H]7O[C@H](CO)[C@@H](O)[C@H](O)[C@H]7O)[C@H](O)[C@H]6O)[C@@](C)(CO)[C@@H]5CC[C@]43C)[C@@H]2C1. The fraction of sp³-hybridized carbons (Fsp3) is 0.907. The van der Waals surface area contributed by atoms with Crippen molar-refractivity contribution < 1.29 is 84.0 Å². The normalized spacial score (nSPS) is 54.0. The van der Waals surface area contributed by atoms with Crippen LogP contribution < -0.4 is 0 Å². The van der Waals surface area contributed by atoms with Gasteiger partial charge in [-0.25, -0.2) is 0 Å². The lowest BCUT2D eigenvalue weighted by Gasteiger charge is -2.72. The van der Waals surface area contributed by atoms with E-state index >= 15 is 0 Å². The van der Waals surface area contributed by atoms with Gasteiger partial charge in [-0.2, -0.15) is 0 Å². The van der Waals surface area contributed by atoms with Gasteiger partial charge < -0.3 is 74.4 Å². The van der Waals surface area contributed by atoms with Gasteiger partial charge in [0.2, 0.25) is 0 Å². The second kappa shape index (κ2) is 16.0. The molecule has 5 aliphatic carbocycles. The number of aliphatic hydroxyl groups excluding tert-OH is 8. The number of carboxylic acids is 1. The number of hydrogen-bond acceptors (Lipinski definition) is 16. The molecular weight excluding hydrogens is 788 g/mol. The van der Waals surface area contributed by atoms with Crippen molar-refractivity contribution in [2.75, 3.05) is 34.0 Å². The smallest absolute Gasteiger partial charge is 0.311 e. The molecular formula is C43H68O17. The molecule has 0 unspecified atom stereocenters. The molecule has 0 radical (unpaired) electrons. The van der Waals surface area contributed by atoms with Crippen molar-refractivity contribution in [2.24, 2.45) is 50.2 Å². The first kappa shape index (κ1) is 46.2. The molecule has 2 saturated heterocycles. The van der Waals surface area contributed by atoms with Crippen LogP contribution in [0.1, 0.15) is 86.0 Å². The zero-order valence-electron chi connectivity index (χ0n) is 35.8. The minimum atomic E-state index is -1.74. The number of allylic oxidation sites excluding steroid dienone is 1. The maximum absolute atomic E-state index is 13.3. The fourth-order valence-corrected chi connectivity index (χ4v) is 14.0. The predicted octanol–water partition coefficient (Wildman–Crippen LogP) is 0.242. The molecule has 9 N–H and O–H groups in total. The number of hydrogen-bond donors (Lipinski definition) is 9. The van der Waals surface area contributed by atoms with Gasteiger partial charge in [-0.15, -0.1) is 0 Å². The van der Waals surface area contributed by atoms with Crippen LogP contribution in [0.25, 0.3) is 0 Å². The Morgan fingerprint density at radius 1 is 0.817 bits per heavy atom. The van der Waals surface area contributed by atoms with Gasteiger partial charge in [0.1, 0.15) is 42.7 Å². The molecule has 7 rings (SSSR count). The standard InChI is InChI=1S/C43H68O17/c1-38(37(54)56-7)10-12-43(36(52)53)13-11-41(4)20(21(43)15-38)14-23(55-6)32-39(2)16-22(46)33(40(3,19-45)26(39)8-9-42(32,41)5)60-34-30(50)28(48)25(18-57-34)59-35-31(51)29(49)27(47)24(17-44)58-35/h14,21-35,44-51H,8-13,15-19H2,1-7H3,(H,52,53)/t21-,22-,23+,24+,25+,26+,27+,28-,29-,30+,31+,32+,33-,34-,35-,38-,39-,40-,41+,42+,43-/m0/s1. The Morgan fingerprint density at radius 3 is 2.10 bits per heavy atom. The molecule has 0 aromatic rings. The monoisotopic (exact) mass is 856 g/mol. The number of fused-ring (bicyclic) bond motifs is 7. The first-order valence-electron chi connectivity index (χ1n) is 21.5. The summed E-state index contributed by atoms with van der Waals surface area (Å²) in [7, 11) is 3.01. The highest BCUT2D eigenvalue weighted by Crippen LogP contribution is 2.76. The zero-order chi connectivity index (χ0) is 44.1. The number of carboxylic acid groups (broad SMARTS) is 1. The number of carbonyl (C=O) groups excluding carboxylic acids is 1. The number of aliphatic carboxylic acids is 1. The first-order chi connectivity index (χ1) is 28.1. The molecule has 6 fully saturated rings. The largest absolute Gasteiger partial charge is 0.481 e. The van der Waals surface area contributed by atoms with Crippen LogP contribution >= 0.6 is 0 Å². The molecule has 0 aromatic heterocycles. The van der Waals surface area contributed by atoms with Gasteiger partial charge in [-0.05, 0) is 86.4 Å². The van der Waals surface area contributed by atoms with Crippen LogP contribution in [0.15, 0.2) is 11.6 Å². The van der Waals surface area contributed by atoms with Crippen LogP contribution in [0.5, 0.6) is 0 Å². The van der Waals surface area contributed by atoms with Gasteiger partial charge in [0, 0.05) is 18.4 Å². The second-order valence-electron chi connectivity index (χ2n) is 20.5. The lowest BCUT2D eigenvalue weighted by molar-refractivity contribution is -0.358. The zero-order valence-corrected chi connectivity index (χ0v) is 35.8. The van der Waals surface area contributed by atoms with E-state index in [0.717, 1.165) is 5.57 Å². The predicted molar refractivity (Wildman–Crippen MR) is 207 cm³/mol. The van der Waals surface area contributed by atoms with Crippen LogP contribution in [0.3, 0.4) is 0 Å². The molecule has 342 valence electrons. The van der Waals surface area contributed by atoms with Crippen molar-refractivity contribution in [3.05, 3.63) is 11.6 Å². The first-order valence-corrected chi connectivity index (χ1v) is 21.5. The Balaban J connectivity index is 1.15. The number of rotatable bonds is 9. The maximum Gasteiger partial charge on any atom is 0.311 e. The van der Waals surface area contributed by atoms with Crippen molar-refractivity contribution >= 4 is 11.9 Å². The van der Waals surface area contributed by atoms with Crippen LogP contribution in [0.4, 0.5) is 0 Å². The minimum absolute atomic E-state index is 0.199. The lowest BCUT2D eigenvalue weighted by atomic mass is 9.33. The summed E-state index contributed by atoms with van der Waals surface area (Å²) in [4.78, 5) is 26.5. The summed E-state index contributed by atoms with van der Waals surface area (Å²) in [5.41, 5.74) is -3.57. The van der Waals surface area contributed by atoms with E-state index in [0.29, 0.717) is 44.9 Å². The third-order valence-electron chi connectivity index (χ3n) is 17.6. The van der Waals surface area contributed by atoms with Gasteiger partial charge >= 0.3 is 11.9 Å². The van der Waals surface area contributed by atoms with Gasteiger partial charge in [0.05, 0.1) is 56.1 Å². The van der Waals surface area contributed by atoms with E-state index in [2.05, 4.69) is 26.8 Å². The summed E-state index contributed by atoms with van der Waals surface area (Å²) in [6.07, 6.45) is -10.9. The van der Waals surface area contributed by atoms with Crippen LogP contribution in [0.2, 0.25) is 0 Å². The molecule has 60 heavy (non-hydrogen) atoms. The fourth-order valence-electron chi connectivity index (χ4n) is 14.0. The Morgan fingerprint density at radius 2 is 1.48 bits per heavy atom. The molecule has 0 amide bonds. The lowest BCUT2D eigenvalue weighted by Crippen LogP contribution is -2.71. The molecule has 21 atom stereocenters. The summed E-state index contributed by atoms with van der Waals surface area (Å²) < 4.78 is 35.0. The Bertz CT molecular complexity index is 1660. The number of aliphatic hydroxyl groups is 8. The summed E-state index contributed by atoms with van der Waals surface area (Å²) in [5, 5.41) is 97.2. The highest BCUT2D eigenvalue weighted by molar-refractivity contribution is 5.80. The van der Waals surface area contributed by atoms with Gasteiger partial charge in [-0.1, -0.05) is 39.3 Å². The molecule has 0 spiro atoms. The van der Waals surface area contributed by atoms with E-state index in [9.17, 15) is 55.5 Å². The van der Waals surface area contributed by atoms with Crippen molar-refractivity contribution in [3.63, 3.8) is 0 Å². The Hall–Kier alpha value is -1.84. The van der Waals surface area contributed by atoms with E-state index in [1.54, 1.807) is 7.11 Å².